The number of allylic oxidation sites excluding steroid dienone is 2. The number of amides is 1. The molecule has 2 aromatic carbocycles. The Hall–Kier alpha value is -3.28. The van der Waals surface area contributed by atoms with Crippen molar-refractivity contribution in [3.63, 3.8) is 0 Å². The number of rotatable bonds is 7. The summed E-state index contributed by atoms with van der Waals surface area (Å²) in [5, 5.41) is 2.98. The van der Waals surface area contributed by atoms with Crippen LogP contribution in [0.3, 0.4) is 0 Å². The lowest BCUT2D eigenvalue weighted by molar-refractivity contribution is -0.122. The van der Waals surface area contributed by atoms with Crippen LogP contribution in [0.5, 0.6) is 17.2 Å². The number of methoxy groups -OCH3 is 1. The molecule has 1 heterocycles. The SMILES string of the molecule is CCOc1ccc(C2CC(=O)C3=C(C2)NC(=O)CC3c2ccc(OCC)c(OC)c2)cc1. The zero-order chi connectivity index (χ0) is 22.7. The molecule has 1 aliphatic heterocycles. The van der Waals surface area contributed by atoms with E-state index in [1.807, 2.05) is 56.3 Å². The van der Waals surface area contributed by atoms with E-state index in [0.29, 0.717) is 37.6 Å². The van der Waals surface area contributed by atoms with Crippen molar-refractivity contribution in [2.45, 2.75) is 44.9 Å². The van der Waals surface area contributed by atoms with Crippen LogP contribution in [0.25, 0.3) is 0 Å². The molecule has 6 nitrogen and oxygen atoms in total. The highest BCUT2D eigenvalue weighted by Crippen LogP contribution is 2.44. The van der Waals surface area contributed by atoms with E-state index in [4.69, 9.17) is 14.2 Å². The van der Waals surface area contributed by atoms with Gasteiger partial charge < -0.3 is 19.5 Å². The number of benzene rings is 2. The van der Waals surface area contributed by atoms with Crippen LogP contribution in [0.2, 0.25) is 0 Å². The van der Waals surface area contributed by atoms with E-state index in [9.17, 15) is 9.59 Å². The second kappa shape index (κ2) is 9.47. The molecule has 0 aromatic heterocycles. The molecule has 0 fully saturated rings. The summed E-state index contributed by atoms with van der Waals surface area (Å²) in [4.78, 5) is 25.9. The molecule has 0 saturated carbocycles. The van der Waals surface area contributed by atoms with Crippen LogP contribution in [0.15, 0.2) is 53.7 Å². The Morgan fingerprint density at radius 1 is 0.875 bits per heavy atom. The maximum atomic E-state index is 13.3. The van der Waals surface area contributed by atoms with Crippen LogP contribution >= 0.6 is 0 Å². The van der Waals surface area contributed by atoms with E-state index in [1.165, 1.54) is 0 Å². The lowest BCUT2D eigenvalue weighted by Crippen LogP contribution is -2.38. The molecular formula is C26H29NO5. The maximum Gasteiger partial charge on any atom is 0.225 e. The van der Waals surface area contributed by atoms with Gasteiger partial charge in [-0.2, -0.15) is 0 Å². The normalized spacial score (nSPS) is 20.5. The van der Waals surface area contributed by atoms with E-state index in [2.05, 4.69) is 5.32 Å². The number of nitrogens with one attached hydrogen (secondary N) is 1. The van der Waals surface area contributed by atoms with E-state index in [0.717, 1.165) is 28.1 Å². The van der Waals surface area contributed by atoms with Gasteiger partial charge in [-0.05, 0) is 61.6 Å². The molecular weight excluding hydrogens is 406 g/mol. The summed E-state index contributed by atoms with van der Waals surface area (Å²) in [6, 6.07) is 13.5. The van der Waals surface area contributed by atoms with Crippen molar-refractivity contribution in [3.05, 3.63) is 64.9 Å². The van der Waals surface area contributed by atoms with Crippen LogP contribution in [-0.2, 0) is 9.59 Å². The minimum atomic E-state index is -0.280. The van der Waals surface area contributed by atoms with Crippen molar-refractivity contribution >= 4 is 11.7 Å². The van der Waals surface area contributed by atoms with Crippen molar-refractivity contribution in [3.8, 4) is 17.2 Å². The van der Waals surface area contributed by atoms with Crippen LogP contribution < -0.4 is 19.5 Å². The van der Waals surface area contributed by atoms with Gasteiger partial charge in [0.15, 0.2) is 17.3 Å². The van der Waals surface area contributed by atoms with Crippen LogP contribution in [0.4, 0.5) is 0 Å². The largest absolute Gasteiger partial charge is 0.494 e. The summed E-state index contributed by atoms with van der Waals surface area (Å²) in [6.07, 6.45) is 1.30. The minimum absolute atomic E-state index is 0.0332. The summed E-state index contributed by atoms with van der Waals surface area (Å²) in [7, 11) is 1.59. The van der Waals surface area contributed by atoms with E-state index in [-0.39, 0.29) is 29.9 Å². The summed E-state index contributed by atoms with van der Waals surface area (Å²) < 4.78 is 16.6. The van der Waals surface area contributed by atoms with Gasteiger partial charge in [-0.15, -0.1) is 0 Å². The molecule has 1 N–H and O–H groups in total. The Balaban J connectivity index is 1.64. The Bertz CT molecular complexity index is 1040. The molecule has 2 atom stereocenters. The Morgan fingerprint density at radius 3 is 2.28 bits per heavy atom. The van der Waals surface area contributed by atoms with Gasteiger partial charge in [-0.25, -0.2) is 0 Å². The molecule has 2 aromatic rings. The fraction of sp³-hybridized carbons (Fsp3) is 0.385. The third-order valence-electron chi connectivity index (χ3n) is 6.09. The molecule has 32 heavy (non-hydrogen) atoms. The standard InChI is InChI=1S/C26H29NO5/c1-4-31-19-9-6-16(7-10-19)18-12-21-26(22(28)13-18)20(15-25(29)27-21)17-8-11-23(32-5-2)24(14-17)30-3/h6-11,14,18,20H,4-5,12-13,15H2,1-3H3,(H,27,29). The summed E-state index contributed by atoms with van der Waals surface area (Å²) in [6.45, 7) is 5.00. The van der Waals surface area contributed by atoms with Crippen LogP contribution in [0.1, 0.15) is 56.1 Å². The molecule has 0 spiro atoms. The third kappa shape index (κ3) is 4.35. The summed E-state index contributed by atoms with van der Waals surface area (Å²) >= 11 is 0. The highest BCUT2D eigenvalue weighted by atomic mass is 16.5. The molecule has 0 radical (unpaired) electrons. The first-order valence-electron chi connectivity index (χ1n) is 11.1. The highest BCUT2D eigenvalue weighted by molar-refractivity contribution is 6.02. The van der Waals surface area contributed by atoms with Crippen LogP contribution in [0, 0.1) is 0 Å². The van der Waals surface area contributed by atoms with Crippen molar-refractivity contribution in [1.82, 2.24) is 5.32 Å². The highest BCUT2D eigenvalue weighted by Gasteiger charge is 2.38. The lowest BCUT2D eigenvalue weighted by Gasteiger charge is -2.34. The van der Waals surface area contributed by atoms with E-state index in [1.54, 1.807) is 7.11 Å². The first-order valence-corrected chi connectivity index (χ1v) is 11.1. The third-order valence-corrected chi connectivity index (χ3v) is 6.09. The molecule has 168 valence electrons. The predicted octanol–water partition coefficient (Wildman–Crippen LogP) is 4.50. The van der Waals surface area contributed by atoms with Gasteiger partial charge in [-0.1, -0.05) is 18.2 Å². The van der Waals surface area contributed by atoms with Crippen molar-refractivity contribution in [1.29, 1.82) is 0 Å². The number of ketones is 1. The number of hydrogen-bond donors (Lipinski definition) is 1. The average molecular weight is 436 g/mol. The maximum absolute atomic E-state index is 13.3. The first-order chi connectivity index (χ1) is 15.5. The number of Topliss-reactive ketones (excluding diaryl/α,β-unsaturated/α-hetero) is 1. The molecule has 0 saturated heterocycles. The second-order valence-corrected chi connectivity index (χ2v) is 8.07. The average Bonchev–Trinajstić information content (AvgIpc) is 2.79. The van der Waals surface area contributed by atoms with Gasteiger partial charge in [0.1, 0.15) is 5.75 Å². The van der Waals surface area contributed by atoms with Gasteiger partial charge >= 0.3 is 0 Å². The zero-order valence-corrected chi connectivity index (χ0v) is 18.8. The zero-order valence-electron chi connectivity index (χ0n) is 18.8. The smallest absolute Gasteiger partial charge is 0.225 e. The Morgan fingerprint density at radius 2 is 1.59 bits per heavy atom. The fourth-order valence-corrected chi connectivity index (χ4v) is 4.66. The molecule has 1 aliphatic carbocycles. The number of hydrogen-bond acceptors (Lipinski definition) is 5. The second-order valence-electron chi connectivity index (χ2n) is 8.07. The topological polar surface area (TPSA) is 73.9 Å². The van der Waals surface area contributed by atoms with Gasteiger partial charge in [0.05, 0.1) is 20.3 Å². The van der Waals surface area contributed by atoms with Crippen molar-refractivity contribution in [2.24, 2.45) is 0 Å². The summed E-state index contributed by atoms with van der Waals surface area (Å²) in [5.74, 6) is 1.84. The molecule has 0 bridgehead atoms. The fourth-order valence-electron chi connectivity index (χ4n) is 4.66. The van der Waals surface area contributed by atoms with Crippen LogP contribution in [-0.4, -0.2) is 32.0 Å². The number of carbonyl (C=O) groups excluding carboxylic acids is 2. The quantitative estimate of drug-likeness (QED) is 0.693. The van der Waals surface area contributed by atoms with Gasteiger partial charge in [0, 0.05) is 30.0 Å². The van der Waals surface area contributed by atoms with Gasteiger partial charge in [-0.3, -0.25) is 9.59 Å². The van der Waals surface area contributed by atoms with Crippen molar-refractivity contribution < 1.29 is 23.8 Å². The predicted molar refractivity (Wildman–Crippen MR) is 121 cm³/mol. The minimum Gasteiger partial charge on any atom is -0.494 e. The van der Waals surface area contributed by atoms with Crippen molar-refractivity contribution in [2.75, 3.05) is 20.3 Å². The molecule has 6 heteroatoms. The molecule has 4 rings (SSSR count). The number of carbonyl (C=O) groups is 2. The summed E-state index contributed by atoms with van der Waals surface area (Å²) in [5.41, 5.74) is 3.43. The molecule has 2 unspecified atom stereocenters. The van der Waals surface area contributed by atoms with E-state index >= 15 is 0 Å². The Labute approximate surface area is 188 Å². The van der Waals surface area contributed by atoms with Gasteiger partial charge in [0.2, 0.25) is 5.91 Å². The first kappa shape index (κ1) is 21.9. The molecule has 2 aliphatic rings. The monoisotopic (exact) mass is 435 g/mol. The van der Waals surface area contributed by atoms with E-state index < -0.39 is 0 Å². The Kier molecular flexibility index (Phi) is 6.49. The lowest BCUT2D eigenvalue weighted by atomic mass is 9.73. The van der Waals surface area contributed by atoms with Gasteiger partial charge in [0.25, 0.3) is 0 Å². The molecule has 1 amide bonds. The number of ether oxygens (including phenoxy) is 3.